The molecule has 0 atom stereocenters. The van der Waals surface area contributed by atoms with Crippen LogP contribution in [-0.4, -0.2) is 43.1 Å². The Morgan fingerprint density at radius 3 is 2.85 bits per heavy atom. The molecule has 1 aromatic carbocycles. The first-order chi connectivity index (χ1) is 9.78. The molecule has 0 N–H and O–H groups in total. The summed E-state index contributed by atoms with van der Waals surface area (Å²) in [6.45, 7) is 4.43. The maximum Gasteiger partial charge on any atom is 0.0726 e. The van der Waals surface area contributed by atoms with Crippen LogP contribution in [0, 0.1) is 0 Å². The smallest absolute Gasteiger partial charge is 0.0726 e. The summed E-state index contributed by atoms with van der Waals surface area (Å²) in [5.41, 5.74) is 3.28. The van der Waals surface area contributed by atoms with Crippen molar-refractivity contribution in [1.82, 2.24) is 9.88 Å². The number of alkyl halides is 1. The number of halogens is 1. The van der Waals surface area contributed by atoms with Gasteiger partial charge in [0.1, 0.15) is 0 Å². The van der Waals surface area contributed by atoms with Gasteiger partial charge < -0.3 is 9.80 Å². The number of anilines is 1. The molecule has 4 heteroatoms. The van der Waals surface area contributed by atoms with Gasteiger partial charge in [-0.15, -0.1) is 11.6 Å². The van der Waals surface area contributed by atoms with Crippen LogP contribution in [0.2, 0.25) is 0 Å². The van der Waals surface area contributed by atoms with Crippen molar-refractivity contribution in [2.75, 3.05) is 38.1 Å². The highest BCUT2D eigenvalue weighted by Crippen LogP contribution is 2.28. The van der Waals surface area contributed by atoms with Crippen LogP contribution in [0.25, 0.3) is 10.9 Å². The first-order valence-electron chi connectivity index (χ1n) is 7.16. The zero-order valence-corrected chi connectivity index (χ0v) is 12.6. The third-order valence-corrected chi connectivity index (χ3v) is 4.22. The number of fused-ring (bicyclic) bond motifs is 1. The number of hydrogen-bond donors (Lipinski definition) is 0. The van der Waals surface area contributed by atoms with Crippen LogP contribution in [-0.2, 0) is 5.88 Å². The molecule has 0 aliphatic carbocycles. The Morgan fingerprint density at radius 1 is 1.15 bits per heavy atom. The molecule has 1 fully saturated rings. The Bertz CT molecular complexity index is 599. The van der Waals surface area contributed by atoms with Crippen LogP contribution < -0.4 is 4.90 Å². The Labute approximate surface area is 125 Å². The minimum atomic E-state index is 0.464. The molecule has 1 aliphatic heterocycles. The number of benzene rings is 1. The molecule has 3 rings (SSSR count). The summed E-state index contributed by atoms with van der Waals surface area (Å²) in [6, 6.07) is 10.5. The quantitative estimate of drug-likeness (QED) is 0.792. The zero-order chi connectivity index (χ0) is 13.9. The van der Waals surface area contributed by atoms with Crippen molar-refractivity contribution in [2.24, 2.45) is 0 Å². The third-order valence-electron chi connectivity index (χ3n) is 3.94. The lowest BCUT2D eigenvalue weighted by Gasteiger charge is -2.24. The molecule has 0 bridgehead atoms. The Morgan fingerprint density at radius 2 is 2.00 bits per heavy atom. The van der Waals surface area contributed by atoms with Gasteiger partial charge in [0.25, 0.3) is 0 Å². The minimum absolute atomic E-state index is 0.464. The summed E-state index contributed by atoms with van der Waals surface area (Å²) in [7, 11) is 2.19. The van der Waals surface area contributed by atoms with Crippen LogP contribution in [0.5, 0.6) is 0 Å². The second-order valence-corrected chi connectivity index (χ2v) is 5.69. The van der Waals surface area contributed by atoms with Gasteiger partial charge in [0, 0.05) is 30.7 Å². The fourth-order valence-corrected chi connectivity index (χ4v) is 2.96. The van der Waals surface area contributed by atoms with E-state index < -0.39 is 0 Å². The molecular weight excluding hydrogens is 270 g/mol. The Balaban J connectivity index is 2.04. The van der Waals surface area contributed by atoms with E-state index in [0.29, 0.717) is 5.88 Å². The number of nitrogens with zero attached hydrogens (tertiary/aromatic N) is 3. The van der Waals surface area contributed by atoms with Crippen molar-refractivity contribution in [3.05, 3.63) is 36.0 Å². The van der Waals surface area contributed by atoms with Crippen molar-refractivity contribution in [3.8, 4) is 0 Å². The van der Waals surface area contributed by atoms with E-state index in [1.54, 1.807) is 0 Å². The van der Waals surface area contributed by atoms with Gasteiger partial charge in [-0.1, -0.05) is 18.2 Å². The topological polar surface area (TPSA) is 19.4 Å². The van der Waals surface area contributed by atoms with Crippen molar-refractivity contribution >= 4 is 28.2 Å². The van der Waals surface area contributed by atoms with E-state index in [-0.39, 0.29) is 0 Å². The lowest BCUT2D eigenvalue weighted by atomic mass is 10.1. The molecule has 106 valence electrons. The lowest BCUT2D eigenvalue weighted by Crippen LogP contribution is -2.29. The number of rotatable bonds is 2. The van der Waals surface area contributed by atoms with E-state index in [1.807, 2.05) is 6.07 Å². The van der Waals surface area contributed by atoms with Crippen molar-refractivity contribution in [1.29, 1.82) is 0 Å². The summed E-state index contributed by atoms with van der Waals surface area (Å²) >= 11 is 6.00. The molecule has 0 saturated carbocycles. The van der Waals surface area contributed by atoms with E-state index in [9.17, 15) is 0 Å². The number of aromatic nitrogens is 1. The molecule has 1 saturated heterocycles. The molecule has 1 aliphatic rings. The highest BCUT2D eigenvalue weighted by molar-refractivity contribution is 6.17. The van der Waals surface area contributed by atoms with E-state index in [1.165, 1.54) is 24.0 Å². The van der Waals surface area contributed by atoms with Gasteiger partial charge in [-0.25, -0.2) is 0 Å². The highest BCUT2D eigenvalue weighted by Gasteiger charge is 2.16. The second kappa shape index (κ2) is 5.98. The van der Waals surface area contributed by atoms with Gasteiger partial charge in [-0.3, -0.25) is 4.98 Å². The largest absolute Gasteiger partial charge is 0.370 e. The van der Waals surface area contributed by atoms with E-state index in [4.69, 9.17) is 11.6 Å². The van der Waals surface area contributed by atoms with Crippen LogP contribution in [0.1, 0.15) is 12.1 Å². The van der Waals surface area contributed by atoms with Gasteiger partial charge in [0.15, 0.2) is 0 Å². The average molecular weight is 290 g/mol. The average Bonchev–Trinajstić information content (AvgIpc) is 2.71. The fraction of sp³-hybridized carbons (Fsp3) is 0.438. The van der Waals surface area contributed by atoms with Crippen molar-refractivity contribution < 1.29 is 0 Å². The van der Waals surface area contributed by atoms with Crippen LogP contribution in [0.4, 0.5) is 5.69 Å². The molecule has 2 heterocycles. The van der Waals surface area contributed by atoms with Crippen LogP contribution in [0.15, 0.2) is 30.3 Å². The van der Waals surface area contributed by atoms with Crippen molar-refractivity contribution in [3.63, 3.8) is 0 Å². The number of likely N-dealkylation sites (N-methyl/N-ethyl adjacent to an activating group) is 1. The number of hydrogen-bond acceptors (Lipinski definition) is 3. The second-order valence-electron chi connectivity index (χ2n) is 5.43. The Kier molecular flexibility index (Phi) is 4.08. The Hall–Kier alpha value is -1.32. The normalized spacial score (nSPS) is 17.4. The van der Waals surface area contributed by atoms with Gasteiger partial charge >= 0.3 is 0 Å². The summed E-state index contributed by atoms with van der Waals surface area (Å²) in [4.78, 5) is 9.49. The molecule has 1 aromatic heterocycles. The first-order valence-corrected chi connectivity index (χ1v) is 7.69. The molecule has 0 spiro atoms. The van der Waals surface area contributed by atoms with Gasteiger partial charge in [-0.05, 0) is 32.1 Å². The van der Waals surface area contributed by atoms with Gasteiger partial charge in [-0.2, -0.15) is 0 Å². The molecule has 3 nitrogen and oxygen atoms in total. The number of para-hydroxylation sites is 1. The summed E-state index contributed by atoms with van der Waals surface area (Å²) < 4.78 is 0. The highest BCUT2D eigenvalue weighted by atomic mass is 35.5. The van der Waals surface area contributed by atoms with Gasteiger partial charge in [0.05, 0.1) is 17.1 Å². The maximum absolute atomic E-state index is 6.00. The zero-order valence-electron chi connectivity index (χ0n) is 11.8. The summed E-state index contributed by atoms with van der Waals surface area (Å²) in [6.07, 6.45) is 1.20. The standard InChI is InChI=1S/C16H20ClN3/c1-19-7-4-8-20(10-9-19)16-11-13(12-17)18-15-6-3-2-5-14(15)16/h2-3,5-6,11H,4,7-10,12H2,1H3. The van der Waals surface area contributed by atoms with Crippen LogP contribution >= 0.6 is 11.6 Å². The van der Waals surface area contributed by atoms with Crippen LogP contribution in [0.3, 0.4) is 0 Å². The van der Waals surface area contributed by atoms with E-state index in [2.05, 4.69) is 46.1 Å². The molecule has 0 amide bonds. The third kappa shape index (κ3) is 2.74. The lowest BCUT2D eigenvalue weighted by molar-refractivity contribution is 0.360. The maximum atomic E-state index is 6.00. The predicted molar refractivity (Wildman–Crippen MR) is 85.6 cm³/mol. The monoisotopic (exact) mass is 289 g/mol. The molecule has 20 heavy (non-hydrogen) atoms. The molecule has 0 unspecified atom stereocenters. The SMILES string of the molecule is CN1CCCN(c2cc(CCl)nc3ccccc23)CC1. The fourth-order valence-electron chi connectivity index (χ4n) is 2.83. The van der Waals surface area contributed by atoms with E-state index >= 15 is 0 Å². The summed E-state index contributed by atoms with van der Waals surface area (Å²) in [5.74, 6) is 0.464. The molecule has 2 aromatic rings. The summed E-state index contributed by atoms with van der Waals surface area (Å²) in [5, 5.41) is 1.23. The van der Waals surface area contributed by atoms with Crippen molar-refractivity contribution in [2.45, 2.75) is 12.3 Å². The minimum Gasteiger partial charge on any atom is -0.370 e. The molecular formula is C16H20ClN3. The van der Waals surface area contributed by atoms with E-state index in [0.717, 1.165) is 30.8 Å². The molecule has 0 radical (unpaired) electrons. The first kappa shape index (κ1) is 13.7. The van der Waals surface area contributed by atoms with Gasteiger partial charge in [0.2, 0.25) is 0 Å². The number of pyridine rings is 1. The predicted octanol–water partition coefficient (Wildman–Crippen LogP) is 3.12.